The van der Waals surface area contributed by atoms with Gasteiger partial charge in [0.25, 0.3) is 0 Å². The Hall–Kier alpha value is -3.24. The second kappa shape index (κ2) is 7.41. The Morgan fingerprint density at radius 2 is 1.96 bits per heavy atom. The van der Waals surface area contributed by atoms with E-state index < -0.39 is 29.5 Å². The number of nitriles is 1. The molecule has 0 unspecified atom stereocenters. The number of carbonyl (C=O) groups excluding carboxylic acids is 1. The van der Waals surface area contributed by atoms with Crippen LogP contribution in [0.25, 0.3) is 0 Å². The summed E-state index contributed by atoms with van der Waals surface area (Å²) in [7, 11) is 0. The second-order valence-corrected chi connectivity index (χ2v) is 7.12. The maximum atomic E-state index is 13.3. The third-order valence-corrected chi connectivity index (χ3v) is 4.55. The van der Waals surface area contributed by atoms with Crippen LogP contribution in [0.5, 0.6) is 5.75 Å². The normalized spacial score (nSPS) is 20.5. The molecular formula is C21H20FN3O3. The first-order chi connectivity index (χ1) is 13.2. The number of nitrogens with zero attached hydrogens (tertiary/aromatic N) is 2. The Kier molecular flexibility index (Phi) is 5.16. The molecule has 0 spiro atoms. The molecule has 0 aromatic heterocycles. The predicted molar refractivity (Wildman–Crippen MR) is 101 cm³/mol. The van der Waals surface area contributed by atoms with Gasteiger partial charge in [-0.1, -0.05) is 0 Å². The molecule has 1 aliphatic rings. The van der Waals surface area contributed by atoms with Crippen molar-refractivity contribution in [2.75, 3.05) is 0 Å². The van der Waals surface area contributed by atoms with Gasteiger partial charge in [0.1, 0.15) is 29.1 Å². The van der Waals surface area contributed by atoms with Gasteiger partial charge in [0.05, 0.1) is 17.7 Å². The number of fused-ring (bicyclic) bond motifs is 1. The zero-order chi connectivity index (χ0) is 20.5. The fourth-order valence-corrected chi connectivity index (χ4v) is 3.12. The Bertz CT molecular complexity index is 977. The summed E-state index contributed by atoms with van der Waals surface area (Å²) in [5, 5.41) is 23.2. The minimum atomic E-state index is -1.01. The van der Waals surface area contributed by atoms with Crippen molar-refractivity contribution in [3.63, 3.8) is 0 Å². The maximum Gasteiger partial charge on any atom is 0.244 e. The van der Waals surface area contributed by atoms with Gasteiger partial charge in [0.15, 0.2) is 0 Å². The molecule has 7 heteroatoms. The fraction of sp³-hybridized carbons (Fsp3) is 0.286. The van der Waals surface area contributed by atoms with Gasteiger partial charge < -0.3 is 15.2 Å². The molecule has 0 fully saturated rings. The van der Waals surface area contributed by atoms with Crippen molar-refractivity contribution in [2.45, 2.75) is 38.5 Å². The molecule has 0 aliphatic carbocycles. The lowest BCUT2D eigenvalue weighted by molar-refractivity contribution is -0.115. The topological polar surface area (TPSA) is 94.7 Å². The lowest BCUT2D eigenvalue weighted by atomic mass is 9.85. The molecule has 1 amide bonds. The minimum Gasteiger partial charge on any atom is -0.485 e. The molecule has 2 N–H and O–H groups in total. The third kappa shape index (κ3) is 3.87. The van der Waals surface area contributed by atoms with Crippen LogP contribution < -0.4 is 10.1 Å². The number of aliphatic imine (C=N–C) groups is 1. The molecule has 2 aromatic rings. The number of benzene rings is 2. The lowest BCUT2D eigenvalue weighted by Gasteiger charge is -2.42. The molecule has 28 heavy (non-hydrogen) atoms. The van der Waals surface area contributed by atoms with E-state index in [1.165, 1.54) is 31.2 Å². The standard InChI is InChI=1S/C21H20FN3O3/c1-12(26)24-20(14-5-7-15(22)8-6-14)25-18-16-10-13(11-23)4-9-17(16)28-21(2,3)19(18)27/h4-10,18-19,27H,1-3H3,(H,24,25,26)/t18-,19+/m0/s1. The van der Waals surface area contributed by atoms with Crippen LogP contribution >= 0.6 is 0 Å². The largest absolute Gasteiger partial charge is 0.485 e. The van der Waals surface area contributed by atoms with E-state index in [0.29, 0.717) is 22.4 Å². The van der Waals surface area contributed by atoms with Gasteiger partial charge in [0, 0.05) is 18.1 Å². The number of hydrogen-bond acceptors (Lipinski definition) is 4. The molecule has 0 saturated carbocycles. The van der Waals surface area contributed by atoms with E-state index >= 15 is 0 Å². The van der Waals surface area contributed by atoms with E-state index in [-0.39, 0.29) is 5.84 Å². The molecule has 2 aromatic carbocycles. The fourth-order valence-electron chi connectivity index (χ4n) is 3.12. The van der Waals surface area contributed by atoms with Crippen LogP contribution in [0.15, 0.2) is 47.5 Å². The highest BCUT2D eigenvalue weighted by molar-refractivity contribution is 6.04. The van der Waals surface area contributed by atoms with Crippen LogP contribution in [0.2, 0.25) is 0 Å². The van der Waals surface area contributed by atoms with Gasteiger partial charge in [-0.25, -0.2) is 4.39 Å². The first-order valence-corrected chi connectivity index (χ1v) is 8.74. The summed E-state index contributed by atoms with van der Waals surface area (Å²) in [6.45, 7) is 4.79. The first-order valence-electron chi connectivity index (χ1n) is 8.74. The molecule has 6 nitrogen and oxygen atoms in total. The van der Waals surface area contributed by atoms with Gasteiger partial charge in [-0.2, -0.15) is 10.3 Å². The molecule has 2 atom stereocenters. The average Bonchev–Trinajstić information content (AvgIpc) is 2.64. The van der Waals surface area contributed by atoms with E-state index in [1.54, 1.807) is 32.0 Å². The maximum absolute atomic E-state index is 13.3. The minimum absolute atomic E-state index is 0.197. The number of rotatable bonds is 2. The van der Waals surface area contributed by atoms with Crippen molar-refractivity contribution in [1.82, 2.24) is 5.32 Å². The van der Waals surface area contributed by atoms with Gasteiger partial charge in [-0.3, -0.25) is 4.79 Å². The molecule has 0 bridgehead atoms. The van der Waals surface area contributed by atoms with E-state index in [0.717, 1.165) is 0 Å². The van der Waals surface area contributed by atoms with E-state index in [1.807, 2.05) is 0 Å². The highest BCUT2D eigenvalue weighted by Gasteiger charge is 2.43. The molecule has 3 rings (SSSR count). The number of aliphatic hydroxyl groups is 1. The van der Waals surface area contributed by atoms with Crippen molar-refractivity contribution < 1.29 is 19.0 Å². The predicted octanol–water partition coefficient (Wildman–Crippen LogP) is 2.85. The van der Waals surface area contributed by atoms with Crippen LogP contribution in [-0.2, 0) is 4.79 Å². The van der Waals surface area contributed by atoms with E-state index in [4.69, 9.17) is 4.74 Å². The SMILES string of the molecule is CC(=O)/N=C(\N[C@H]1c2cc(C#N)ccc2OC(C)(C)[C@@H]1O)c1ccc(F)cc1. The number of amides is 1. The summed E-state index contributed by atoms with van der Waals surface area (Å²) >= 11 is 0. The number of aliphatic hydroxyl groups excluding tert-OH is 1. The number of hydrogen-bond donors (Lipinski definition) is 2. The molecule has 1 aliphatic heterocycles. The summed E-state index contributed by atoms with van der Waals surface area (Å²) in [5.41, 5.74) is 0.548. The van der Waals surface area contributed by atoms with Gasteiger partial charge in [0.2, 0.25) is 5.91 Å². The van der Waals surface area contributed by atoms with Crippen molar-refractivity contribution >= 4 is 11.7 Å². The summed E-state index contributed by atoms with van der Waals surface area (Å²) < 4.78 is 19.2. The second-order valence-electron chi connectivity index (χ2n) is 7.12. The van der Waals surface area contributed by atoms with Crippen molar-refractivity contribution in [1.29, 1.82) is 5.26 Å². The molecule has 0 saturated heterocycles. The van der Waals surface area contributed by atoms with Crippen molar-refractivity contribution in [3.8, 4) is 11.8 Å². The summed E-state index contributed by atoms with van der Waals surface area (Å²) in [6.07, 6.45) is -1.01. The van der Waals surface area contributed by atoms with E-state index in [2.05, 4.69) is 16.4 Å². The van der Waals surface area contributed by atoms with Crippen LogP contribution in [0.3, 0.4) is 0 Å². The van der Waals surface area contributed by atoms with Gasteiger partial charge in [-0.05, 0) is 56.3 Å². The number of ether oxygens (including phenoxy) is 1. The number of nitrogens with one attached hydrogen (secondary N) is 1. The Labute approximate surface area is 162 Å². The number of amidine groups is 1. The van der Waals surface area contributed by atoms with Crippen molar-refractivity contribution in [3.05, 3.63) is 65.0 Å². The van der Waals surface area contributed by atoms with Crippen molar-refractivity contribution in [2.24, 2.45) is 4.99 Å². The first kappa shape index (κ1) is 19.5. The lowest BCUT2D eigenvalue weighted by Crippen LogP contribution is -2.53. The highest BCUT2D eigenvalue weighted by Crippen LogP contribution is 2.40. The Morgan fingerprint density at radius 3 is 2.57 bits per heavy atom. The zero-order valence-corrected chi connectivity index (χ0v) is 15.7. The Balaban J connectivity index is 2.08. The zero-order valence-electron chi connectivity index (χ0n) is 15.7. The summed E-state index contributed by atoms with van der Waals surface area (Å²) in [5.74, 6) is -0.142. The van der Waals surface area contributed by atoms with Crippen LogP contribution in [0, 0.1) is 17.1 Å². The number of carbonyl (C=O) groups is 1. The monoisotopic (exact) mass is 381 g/mol. The third-order valence-electron chi connectivity index (χ3n) is 4.55. The smallest absolute Gasteiger partial charge is 0.244 e. The number of halogens is 1. The average molecular weight is 381 g/mol. The summed E-state index contributed by atoms with van der Waals surface area (Å²) in [6, 6.07) is 11.8. The quantitative estimate of drug-likeness (QED) is 0.616. The van der Waals surface area contributed by atoms with Gasteiger partial charge >= 0.3 is 0 Å². The van der Waals surface area contributed by atoms with E-state index in [9.17, 15) is 19.6 Å². The molecular weight excluding hydrogens is 361 g/mol. The molecule has 144 valence electrons. The highest BCUT2D eigenvalue weighted by atomic mass is 19.1. The van der Waals surface area contributed by atoms with Gasteiger partial charge in [-0.15, -0.1) is 0 Å². The molecule has 0 radical (unpaired) electrons. The van der Waals surface area contributed by atoms with Crippen LogP contribution in [0.4, 0.5) is 4.39 Å². The Morgan fingerprint density at radius 1 is 1.29 bits per heavy atom. The van der Waals surface area contributed by atoms with Crippen LogP contribution in [0.1, 0.15) is 43.5 Å². The summed E-state index contributed by atoms with van der Waals surface area (Å²) in [4.78, 5) is 15.7. The molecule has 1 heterocycles. The van der Waals surface area contributed by atoms with Crippen LogP contribution in [-0.4, -0.2) is 28.6 Å².